The summed E-state index contributed by atoms with van der Waals surface area (Å²) in [5, 5.41) is 2.64. The molecule has 1 N–H and O–H groups in total. The summed E-state index contributed by atoms with van der Waals surface area (Å²) in [6.07, 6.45) is 0.972. The number of para-hydroxylation sites is 1. The Morgan fingerprint density at radius 1 is 1.08 bits per heavy atom. The first-order valence-electron chi connectivity index (χ1n) is 7.74. The van der Waals surface area contributed by atoms with Gasteiger partial charge in [-0.1, -0.05) is 29.8 Å². The highest BCUT2D eigenvalue weighted by Gasteiger charge is 2.25. The van der Waals surface area contributed by atoms with Crippen molar-refractivity contribution in [1.82, 2.24) is 0 Å². The molecule has 0 aromatic heterocycles. The van der Waals surface area contributed by atoms with Crippen LogP contribution in [0.25, 0.3) is 0 Å². The Kier molecular flexibility index (Phi) is 5.99. The maximum Gasteiger partial charge on any atom is 0.340 e. The number of hydrogen-bond acceptors (Lipinski definition) is 5. The van der Waals surface area contributed by atoms with E-state index in [0.717, 1.165) is 16.1 Å². The first-order valence-corrected chi connectivity index (χ1v) is 9.59. The number of rotatable bonds is 6. The minimum Gasteiger partial charge on any atom is -0.465 e. The van der Waals surface area contributed by atoms with Crippen LogP contribution in [0.2, 0.25) is 0 Å². The maximum absolute atomic E-state index is 12.3. The van der Waals surface area contributed by atoms with Gasteiger partial charge in [0.25, 0.3) is 0 Å². The third-order valence-electron chi connectivity index (χ3n) is 3.60. The summed E-state index contributed by atoms with van der Waals surface area (Å²) in [4.78, 5) is 24.3. The number of methoxy groups -OCH3 is 1. The largest absolute Gasteiger partial charge is 0.465 e. The second kappa shape index (κ2) is 8.01. The highest BCUT2D eigenvalue weighted by molar-refractivity contribution is 7.92. The average Bonchev–Trinajstić information content (AvgIpc) is 2.60. The summed E-state index contributed by atoms with van der Waals surface area (Å²) in [5.74, 6) is -1.22. The van der Waals surface area contributed by atoms with Crippen molar-refractivity contribution in [1.29, 1.82) is 0 Å². The molecule has 138 valence electrons. The predicted molar refractivity (Wildman–Crippen MR) is 99.8 cm³/mol. The second-order valence-corrected chi connectivity index (χ2v) is 7.60. The minimum atomic E-state index is -3.81. The van der Waals surface area contributed by atoms with Crippen molar-refractivity contribution < 1.29 is 22.7 Å². The lowest BCUT2D eigenvalue weighted by Crippen LogP contribution is -2.38. The van der Waals surface area contributed by atoms with Gasteiger partial charge in [0, 0.05) is 5.69 Å². The quantitative estimate of drug-likeness (QED) is 0.780. The van der Waals surface area contributed by atoms with Crippen molar-refractivity contribution in [3.8, 4) is 0 Å². The van der Waals surface area contributed by atoms with Gasteiger partial charge in [-0.2, -0.15) is 0 Å². The van der Waals surface area contributed by atoms with E-state index < -0.39 is 28.4 Å². The zero-order valence-corrected chi connectivity index (χ0v) is 15.5. The van der Waals surface area contributed by atoms with Gasteiger partial charge in [-0.05, 0) is 31.2 Å². The van der Waals surface area contributed by atoms with E-state index in [0.29, 0.717) is 5.69 Å². The lowest BCUT2D eigenvalue weighted by atomic mass is 10.2. The first-order chi connectivity index (χ1) is 12.2. The molecular formula is C18H20N2O5S. The van der Waals surface area contributed by atoms with Crippen LogP contribution < -0.4 is 9.62 Å². The Morgan fingerprint density at radius 2 is 1.69 bits per heavy atom. The number of carbonyl (C=O) groups is 2. The van der Waals surface area contributed by atoms with Crippen LogP contribution in [0, 0.1) is 6.92 Å². The van der Waals surface area contributed by atoms with Crippen LogP contribution in [-0.2, 0) is 19.6 Å². The van der Waals surface area contributed by atoms with Crippen molar-refractivity contribution in [3.63, 3.8) is 0 Å². The summed E-state index contributed by atoms with van der Waals surface area (Å²) in [6.45, 7) is 1.45. The molecule has 2 aromatic carbocycles. The van der Waals surface area contributed by atoms with E-state index >= 15 is 0 Å². The van der Waals surface area contributed by atoms with E-state index in [-0.39, 0.29) is 11.3 Å². The Hall–Kier alpha value is -2.87. The molecule has 0 saturated carbocycles. The summed E-state index contributed by atoms with van der Waals surface area (Å²) in [5.41, 5.74) is 1.73. The molecule has 0 aliphatic rings. The Morgan fingerprint density at radius 3 is 2.27 bits per heavy atom. The molecule has 0 saturated heterocycles. The summed E-state index contributed by atoms with van der Waals surface area (Å²) in [7, 11) is -2.61. The fraction of sp³-hybridized carbons (Fsp3) is 0.222. The van der Waals surface area contributed by atoms with Crippen molar-refractivity contribution in [3.05, 3.63) is 59.7 Å². The van der Waals surface area contributed by atoms with E-state index in [4.69, 9.17) is 4.74 Å². The monoisotopic (exact) mass is 376 g/mol. The normalized spacial score (nSPS) is 10.9. The van der Waals surface area contributed by atoms with Crippen LogP contribution in [0.3, 0.4) is 0 Å². The molecule has 0 aliphatic heterocycles. The van der Waals surface area contributed by atoms with Crippen molar-refractivity contribution >= 4 is 33.3 Å². The number of carbonyl (C=O) groups excluding carboxylic acids is 2. The third-order valence-corrected chi connectivity index (χ3v) is 4.73. The topological polar surface area (TPSA) is 92.8 Å². The predicted octanol–water partition coefficient (Wildman–Crippen LogP) is 2.19. The smallest absolute Gasteiger partial charge is 0.340 e. The SMILES string of the molecule is COC(=O)c1ccccc1N(CC(=O)Nc1ccc(C)cc1)S(C)(=O)=O. The van der Waals surface area contributed by atoms with Gasteiger partial charge in [-0.3, -0.25) is 9.10 Å². The highest BCUT2D eigenvalue weighted by Crippen LogP contribution is 2.23. The summed E-state index contributed by atoms with van der Waals surface area (Å²) >= 11 is 0. The number of benzene rings is 2. The fourth-order valence-corrected chi connectivity index (χ4v) is 3.19. The Bertz CT molecular complexity index is 907. The number of sulfonamides is 1. The molecule has 0 bridgehead atoms. The lowest BCUT2D eigenvalue weighted by molar-refractivity contribution is -0.114. The van der Waals surface area contributed by atoms with Crippen LogP contribution in [0.1, 0.15) is 15.9 Å². The van der Waals surface area contributed by atoms with Gasteiger partial charge in [-0.15, -0.1) is 0 Å². The average molecular weight is 376 g/mol. The molecule has 2 rings (SSSR count). The molecule has 0 unspecified atom stereocenters. The van der Waals surface area contributed by atoms with Gasteiger partial charge in [0.2, 0.25) is 15.9 Å². The molecule has 0 fully saturated rings. The van der Waals surface area contributed by atoms with Crippen molar-refractivity contribution in [2.75, 3.05) is 29.5 Å². The number of nitrogens with zero attached hydrogens (tertiary/aromatic N) is 1. The van der Waals surface area contributed by atoms with Crippen LogP contribution >= 0.6 is 0 Å². The van der Waals surface area contributed by atoms with Gasteiger partial charge in [0.15, 0.2) is 0 Å². The number of amides is 1. The van der Waals surface area contributed by atoms with Gasteiger partial charge < -0.3 is 10.1 Å². The van der Waals surface area contributed by atoms with E-state index in [1.54, 1.807) is 24.3 Å². The van der Waals surface area contributed by atoms with Crippen LogP contribution in [0.15, 0.2) is 48.5 Å². The Labute approximate surface area is 152 Å². The fourth-order valence-electron chi connectivity index (χ4n) is 2.32. The third kappa shape index (κ3) is 4.82. The lowest BCUT2D eigenvalue weighted by Gasteiger charge is -2.23. The molecule has 0 aliphatic carbocycles. The second-order valence-electron chi connectivity index (χ2n) is 5.69. The van der Waals surface area contributed by atoms with E-state index in [1.807, 2.05) is 19.1 Å². The van der Waals surface area contributed by atoms with Crippen molar-refractivity contribution in [2.24, 2.45) is 0 Å². The zero-order chi connectivity index (χ0) is 19.3. The molecule has 0 atom stereocenters. The standard InChI is InChI=1S/C18H20N2O5S/c1-13-8-10-14(11-9-13)19-17(21)12-20(26(3,23)24)16-7-5-4-6-15(16)18(22)25-2/h4-11H,12H2,1-3H3,(H,19,21). The first kappa shape index (κ1) is 19.5. The number of aryl methyl sites for hydroxylation is 1. The van der Waals surface area contributed by atoms with Crippen molar-refractivity contribution in [2.45, 2.75) is 6.92 Å². The van der Waals surface area contributed by atoms with E-state index in [9.17, 15) is 18.0 Å². The zero-order valence-electron chi connectivity index (χ0n) is 14.7. The number of nitrogens with one attached hydrogen (secondary N) is 1. The summed E-state index contributed by atoms with van der Waals surface area (Å²) in [6, 6.07) is 13.2. The van der Waals surface area contributed by atoms with Gasteiger partial charge in [0.1, 0.15) is 6.54 Å². The van der Waals surface area contributed by atoms with Crippen LogP contribution in [-0.4, -0.2) is 40.2 Å². The highest BCUT2D eigenvalue weighted by atomic mass is 32.2. The molecule has 8 heteroatoms. The molecule has 1 amide bonds. The van der Waals surface area contributed by atoms with Gasteiger partial charge >= 0.3 is 5.97 Å². The molecule has 26 heavy (non-hydrogen) atoms. The number of esters is 1. The van der Waals surface area contributed by atoms with Gasteiger partial charge in [0.05, 0.1) is 24.6 Å². The minimum absolute atomic E-state index is 0.0589. The van der Waals surface area contributed by atoms with E-state index in [2.05, 4.69) is 5.32 Å². The number of ether oxygens (including phenoxy) is 1. The Balaban J connectivity index is 2.31. The van der Waals surface area contributed by atoms with Crippen LogP contribution in [0.5, 0.6) is 0 Å². The summed E-state index contributed by atoms with van der Waals surface area (Å²) < 4.78 is 30.0. The van der Waals surface area contributed by atoms with Crippen LogP contribution in [0.4, 0.5) is 11.4 Å². The molecule has 0 radical (unpaired) electrons. The molecular weight excluding hydrogens is 356 g/mol. The number of anilines is 2. The van der Waals surface area contributed by atoms with Gasteiger partial charge in [-0.25, -0.2) is 13.2 Å². The molecule has 0 heterocycles. The molecule has 7 nitrogen and oxygen atoms in total. The molecule has 0 spiro atoms. The van der Waals surface area contributed by atoms with E-state index in [1.165, 1.54) is 19.2 Å². The number of hydrogen-bond donors (Lipinski definition) is 1. The molecule has 2 aromatic rings. The maximum atomic E-state index is 12.3.